The van der Waals surface area contributed by atoms with E-state index in [9.17, 15) is 8.78 Å². The number of rotatable bonds is 7. The van der Waals surface area contributed by atoms with Crippen molar-refractivity contribution in [3.05, 3.63) is 16.1 Å². The third kappa shape index (κ3) is 4.51. The van der Waals surface area contributed by atoms with Gasteiger partial charge in [-0.25, -0.2) is 13.8 Å². The topological polar surface area (TPSA) is 36.4 Å². The molecule has 92 valence electrons. The van der Waals surface area contributed by atoms with Gasteiger partial charge in [0.25, 0.3) is 6.43 Å². The molecule has 0 bridgehead atoms. The zero-order valence-corrected chi connectivity index (χ0v) is 10.0. The van der Waals surface area contributed by atoms with Crippen LogP contribution in [-0.4, -0.2) is 41.1 Å². The van der Waals surface area contributed by atoms with Gasteiger partial charge in [-0.2, -0.15) is 0 Å². The summed E-state index contributed by atoms with van der Waals surface area (Å²) in [7, 11) is 0. The van der Waals surface area contributed by atoms with E-state index in [1.54, 1.807) is 11.3 Å². The highest BCUT2D eigenvalue weighted by atomic mass is 32.1. The summed E-state index contributed by atoms with van der Waals surface area (Å²) < 4.78 is 24.5. The van der Waals surface area contributed by atoms with Gasteiger partial charge >= 0.3 is 0 Å². The van der Waals surface area contributed by atoms with Gasteiger partial charge in [0, 0.05) is 18.5 Å². The zero-order valence-electron chi connectivity index (χ0n) is 9.20. The summed E-state index contributed by atoms with van der Waals surface area (Å²) in [6.07, 6.45) is -1.52. The third-order valence-electron chi connectivity index (χ3n) is 2.10. The number of halogens is 2. The van der Waals surface area contributed by atoms with Crippen molar-refractivity contribution in [2.24, 2.45) is 0 Å². The van der Waals surface area contributed by atoms with Crippen molar-refractivity contribution in [1.29, 1.82) is 0 Å². The molecule has 0 fully saturated rings. The Labute approximate surface area is 97.7 Å². The first-order valence-electron chi connectivity index (χ1n) is 5.20. The van der Waals surface area contributed by atoms with Crippen molar-refractivity contribution in [3.63, 3.8) is 0 Å². The van der Waals surface area contributed by atoms with Gasteiger partial charge < -0.3 is 5.11 Å². The fourth-order valence-electron chi connectivity index (χ4n) is 1.38. The highest BCUT2D eigenvalue weighted by Gasteiger charge is 2.13. The van der Waals surface area contributed by atoms with Crippen LogP contribution in [0.1, 0.15) is 17.6 Å². The molecule has 1 aromatic heterocycles. The monoisotopic (exact) mass is 250 g/mol. The zero-order chi connectivity index (χ0) is 12.0. The SMILES string of the molecule is CCc1nc(CN(CCO)CC(F)F)cs1. The Morgan fingerprint density at radius 2 is 2.31 bits per heavy atom. The number of nitrogens with zero attached hydrogens (tertiary/aromatic N) is 2. The number of aromatic nitrogens is 1. The first-order valence-corrected chi connectivity index (χ1v) is 6.08. The minimum absolute atomic E-state index is 0.114. The minimum Gasteiger partial charge on any atom is -0.395 e. The number of aliphatic hydroxyl groups excluding tert-OH is 1. The molecule has 0 saturated carbocycles. The maximum absolute atomic E-state index is 12.2. The van der Waals surface area contributed by atoms with E-state index in [0.29, 0.717) is 6.54 Å². The van der Waals surface area contributed by atoms with Gasteiger partial charge in [0.05, 0.1) is 23.9 Å². The van der Waals surface area contributed by atoms with Crippen molar-refractivity contribution in [2.75, 3.05) is 19.7 Å². The second-order valence-electron chi connectivity index (χ2n) is 3.44. The van der Waals surface area contributed by atoms with Crippen LogP contribution < -0.4 is 0 Å². The van der Waals surface area contributed by atoms with E-state index in [0.717, 1.165) is 17.1 Å². The van der Waals surface area contributed by atoms with Crippen LogP contribution in [0.25, 0.3) is 0 Å². The van der Waals surface area contributed by atoms with Gasteiger partial charge in [-0.15, -0.1) is 11.3 Å². The van der Waals surface area contributed by atoms with Gasteiger partial charge in [0.1, 0.15) is 0 Å². The Balaban J connectivity index is 2.52. The summed E-state index contributed by atoms with van der Waals surface area (Å²) in [4.78, 5) is 5.82. The fraction of sp³-hybridized carbons (Fsp3) is 0.700. The Morgan fingerprint density at radius 3 is 2.81 bits per heavy atom. The molecule has 1 N–H and O–H groups in total. The lowest BCUT2D eigenvalue weighted by molar-refractivity contribution is 0.0741. The molecule has 16 heavy (non-hydrogen) atoms. The van der Waals surface area contributed by atoms with Crippen LogP contribution in [0.2, 0.25) is 0 Å². The van der Waals surface area contributed by atoms with Crippen LogP contribution in [0.15, 0.2) is 5.38 Å². The Kier molecular flexibility index (Phi) is 5.79. The number of hydrogen-bond acceptors (Lipinski definition) is 4. The fourth-order valence-corrected chi connectivity index (χ4v) is 2.12. The molecule has 0 radical (unpaired) electrons. The van der Waals surface area contributed by atoms with E-state index in [4.69, 9.17) is 5.11 Å². The number of aliphatic hydroxyl groups is 1. The highest BCUT2D eigenvalue weighted by molar-refractivity contribution is 7.09. The van der Waals surface area contributed by atoms with Crippen LogP contribution in [-0.2, 0) is 13.0 Å². The molecule has 1 heterocycles. The van der Waals surface area contributed by atoms with Crippen LogP contribution in [0.4, 0.5) is 8.78 Å². The summed E-state index contributed by atoms with van der Waals surface area (Å²) in [5.74, 6) is 0. The molecule has 0 aliphatic carbocycles. The molecule has 6 heteroatoms. The summed E-state index contributed by atoms with van der Waals surface area (Å²) in [6.45, 7) is 2.20. The predicted octanol–water partition coefficient (Wildman–Crippen LogP) is 1.76. The molecule has 0 saturated heterocycles. The van der Waals surface area contributed by atoms with E-state index in [2.05, 4.69) is 4.98 Å². The molecular formula is C10H16F2N2OS. The molecule has 1 aromatic rings. The molecule has 3 nitrogen and oxygen atoms in total. The summed E-state index contributed by atoms with van der Waals surface area (Å²) in [6, 6.07) is 0. The molecule has 0 aromatic carbocycles. The molecule has 0 aliphatic heterocycles. The maximum Gasteiger partial charge on any atom is 0.251 e. The standard InChI is InChI=1S/C10H16F2N2OS/c1-2-10-13-8(7-16-10)5-14(3-4-15)6-9(11)12/h7,9,15H,2-6H2,1H3. The average Bonchev–Trinajstić information content (AvgIpc) is 2.65. The first kappa shape index (κ1) is 13.5. The Bertz CT molecular complexity index is 307. The average molecular weight is 250 g/mol. The second-order valence-corrected chi connectivity index (χ2v) is 4.38. The summed E-state index contributed by atoms with van der Waals surface area (Å²) >= 11 is 1.54. The molecule has 0 spiro atoms. The Hall–Kier alpha value is -0.590. The molecular weight excluding hydrogens is 234 g/mol. The van der Waals surface area contributed by atoms with Gasteiger partial charge in [0.2, 0.25) is 0 Å². The molecule has 0 unspecified atom stereocenters. The van der Waals surface area contributed by atoms with Gasteiger partial charge in [0.15, 0.2) is 0 Å². The van der Waals surface area contributed by atoms with Gasteiger partial charge in [-0.3, -0.25) is 4.90 Å². The largest absolute Gasteiger partial charge is 0.395 e. The van der Waals surface area contributed by atoms with Crippen LogP contribution in [0, 0.1) is 0 Å². The second kappa shape index (κ2) is 6.88. The normalized spacial score (nSPS) is 11.6. The maximum atomic E-state index is 12.2. The van der Waals surface area contributed by atoms with Crippen LogP contribution in [0.3, 0.4) is 0 Å². The first-order chi connectivity index (χ1) is 7.65. The van der Waals surface area contributed by atoms with Crippen molar-refractivity contribution in [2.45, 2.75) is 26.3 Å². The van der Waals surface area contributed by atoms with Crippen LogP contribution >= 0.6 is 11.3 Å². The third-order valence-corrected chi connectivity index (χ3v) is 3.14. The quantitative estimate of drug-likeness (QED) is 0.801. The summed E-state index contributed by atoms with van der Waals surface area (Å²) in [5, 5.41) is 11.7. The van der Waals surface area contributed by atoms with E-state index in [1.165, 1.54) is 4.90 Å². The van der Waals surface area contributed by atoms with Gasteiger partial charge in [-0.1, -0.05) is 6.92 Å². The van der Waals surface area contributed by atoms with Crippen molar-refractivity contribution in [1.82, 2.24) is 9.88 Å². The lowest BCUT2D eigenvalue weighted by Gasteiger charge is -2.19. The Morgan fingerprint density at radius 1 is 1.56 bits per heavy atom. The summed E-state index contributed by atoms with van der Waals surface area (Å²) in [5.41, 5.74) is 0.802. The lowest BCUT2D eigenvalue weighted by Crippen LogP contribution is -2.31. The number of hydrogen-bond donors (Lipinski definition) is 1. The van der Waals surface area contributed by atoms with Crippen LogP contribution in [0.5, 0.6) is 0 Å². The van der Waals surface area contributed by atoms with Gasteiger partial charge in [-0.05, 0) is 6.42 Å². The smallest absolute Gasteiger partial charge is 0.251 e. The predicted molar refractivity (Wildman–Crippen MR) is 59.9 cm³/mol. The van der Waals surface area contributed by atoms with E-state index in [-0.39, 0.29) is 19.7 Å². The molecule has 0 amide bonds. The van der Waals surface area contributed by atoms with Crippen molar-refractivity contribution < 1.29 is 13.9 Å². The van der Waals surface area contributed by atoms with Crippen molar-refractivity contribution in [3.8, 4) is 0 Å². The van der Waals surface area contributed by atoms with E-state index >= 15 is 0 Å². The lowest BCUT2D eigenvalue weighted by atomic mass is 10.4. The minimum atomic E-state index is -2.38. The number of alkyl halides is 2. The van der Waals surface area contributed by atoms with E-state index < -0.39 is 6.43 Å². The number of aryl methyl sites for hydroxylation is 1. The van der Waals surface area contributed by atoms with E-state index in [1.807, 2.05) is 12.3 Å². The molecule has 1 rings (SSSR count). The molecule has 0 aliphatic rings. The molecule has 0 atom stereocenters. The van der Waals surface area contributed by atoms with Crippen molar-refractivity contribution >= 4 is 11.3 Å². The highest BCUT2D eigenvalue weighted by Crippen LogP contribution is 2.12. The number of thiazole rings is 1.